The third kappa shape index (κ3) is 4.58. The van der Waals surface area contributed by atoms with E-state index in [4.69, 9.17) is 9.72 Å². The molecule has 1 saturated carbocycles. The second-order valence-electron chi connectivity index (χ2n) is 9.00. The summed E-state index contributed by atoms with van der Waals surface area (Å²) in [6.07, 6.45) is 5.53. The molecule has 1 aromatic heterocycles. The monoisotopic (exact) mass is 441 g/mol. The van der Waals surface area contributed by atoms with Gasteiger partial charge < -0.3 is 14.6 Å². The topological polar surface area (TPSA) is 56.2 Å². The number of hydrogen-bond donors (Lipinski definition) is 1. The van der Waals surface area contributed by atoms with E-state index in [2.05, 4.69) is 34.1 Å². The molecular weight excluding hydrogens is 410 g/mol. The predicted octanol–water partition coefficient (Wildman–Crippen LogP) is 6.03. The van der Waals surface area contributed by atoms with Crippen molar-refractivity contribution in [1.29, 1.82) is 0 Å². The Bertz CT molecular complexity index is 1250. The highest BCUT2D eigenvalue weighted by atomic mass is 16.5. The van der Waals surface area contributed by atoms with E-state index in [0.29, 0.717) is 13.2 Å². The Labute approximate surface area is 194 Å². The van der Waals surface area contributed by atoms with Crippen molar-refractivity contribution in [1.82, 2.24) is 14.9 Å². The Balaban J connectivity index is 1.34. The first-order valence-corrected chi connectivity index (χ1v) is 12.1. The number of amides is 1. The van der Waals surface area contributed by atoms with Crippen molar-refractivity contribution < 1.29 is 9.53 Å². The number of carbonyl (C=O) groups excluding carboxylic acids is 1. The number of nitrogens with zero attached hydrogens (tertiary/aromatic N) is 2. The molecule has 1 amide bonds. The maximum Gasteiger partial charge on any atom is 0.223 e. The highest BCUT2D eigenvalue weighted by molar-refractivity contribution is 5.88. The van der Waals surface area contributed by atoms with Crippen LogP contribution >= 0.6 is 0 Å². The maximum absolute atomic E-state index is 12.9. The summed E-state index contributed by atoms with van der Waals surface area (Å²) >= 11 is 0. The van der Waals surface area contributed by atoms with Gasteiger partial charge in [0, 0.05) is 11.3 Å². The number of nitrogens with one attached hydrogen (secondary N) is 1. The van der Waals surface area contributed by atoms with Gasteiger partial charge in [-0.2, -0.15) is 0 Å². The molecule has 1 atom stereocenters. The number of para-hydroxylation sites is 2. The molecule has 4 aromatic rings. The van der Waals surface area contributed by atoms with Gasteiger partial charge in [-0.15, -0.1) is 0 Å². The lowest BCUT2D eigenvalue weighted by Crippen LogP contribution is -2.35. The van der Waals surface area contributed by atoms with E-state index >= 15 is 0 Å². The van der Waals surface area contributed by atoms with Gasteiger partial charge >= 0.3 is 0 Å². The van der Waals surface area contributed by atoms with Crippen molar-refractivity contribution in [3.63, 3.8) is 0 Å². The van der Waals surface area contributed by atoms with Crippen LogP contribution < -0.4 is 10.1 Å². The Morgan fingerprint density at radius 1 is 1.03 bits per heavy atom. The van der Waals surface area contributed by atoms with Gasteiger partial charge in [0.1, 0.15) is 18.2 Å². The zero-order valence-corrected chi connectivity index (χ0v) is 19.2. The Kier molecular flexibility index (Phi) is 6.29. The van der Waals surface area contributed by atoms with Crippen LogP contribution in [0.5, 0.6) is 5.75 Å². The molecule has 0 radical (unpaired) electrons. The molecule has 0 spiro atoms. The van der Waals surface area contributed by atoms with E-state index in [9.17, 15) is 4.79 Å². The average molecular weight is 442 g/mol. The summed E-state index contributed by atoms with van der Waals surface area (Å²) in [5.74, 6) is 2.06. The molecule has 5 rings (SSSR count). The maximum atomic E-state index is 12.9. The average Bonchev–Trinajstić information content (AvgIpc) is 3.23. The zero-order chi connectivity index (χ0) is 22.6. The van der Waals surface area contributed by atoms with E-state index in [0.717, 1.165) is 53.7 Å². The number of carbonyl (C=O) groups is 1. The smallest absolute Gasteiger partial charge is 0.223 e. The van der Waals surface area contributed by atoms with Crippen LogP contribution in [0.25, 0.3) is 21.8 Å². The minimum atomic E-state index is -0.163. The number of ether oxygens (including phenoxy) is 1. The molecule has 1 heterocycles. The lowest BCUT2D eigenvalue weighted by atomic mass is 9.88. The fraction of sp³-hybridized carbons (Fsp3) is 0.357. The third-order valence-corrected chi connectivity index (χ3v) is 6.73. The van der Waals surface area contributed by atoms with Gasteiger partial charge in [-0.05, 0) is 43.4 Å². The molecule has 1 fully saturated rings. The fourth-order valence-corrected chi connectivity index (χ4v) is 4.99. The summed E-state index contributed by atoms with van der Waals surface area (Å²) in [7, 11) is 0. The standard InChI is InChI=1S/C28H31N3O2/c1-20(29-28(32)22-11-3-2-4-12-22)27-30-24-15-7-8-16-25(24)31(27)18-19-33-26-17-9-13-21-10-5-6-14-23(21)26/h5-10,13-17,20,22H,2-4,11-12,18-19H2,1H3,(H,29,32). The van der Waals surface area contributed by atoms with E-state index in [-0.39, 0.29) is 17.9 Å². The van der Waals surface area contributed by atoms with E-state index in [1.807, 2.05) is 49.4 Å². The Morgan fingerprint density at radius 3 is 2.67 bits per heavy atom. The highest BCUT2D eigenvalue weighted by Crippen LogP contribution is 2.27. The number of hydrogen-bond acceptors (Lipinski definition) is 3. The van der Waals surface area contributed by atoms with Crippen LogP contribution in [0.3, 0.4) is 0 Å². The molecule has 0 aliphatic heterocycles. The Hall–Kier alpha value is -3.34. The van der Waals surface area contributed by atoms with Crippen LogP contribution in [0.1, 0.15) is 50.9 Å². The second-order valence-corrected chi connectivity index (χ2v) is 9.00. The summed E-state index contributed by atoms with van der Waals surface area (Å²) in [4.78, 5) is 17.7. The Morgan fingerprint density at radius 2 is 1.79 bits per heavy atom. The molecular formula is C28H31N3O2. The van der Waals surface area contributed by atoms with Crippen LogP contribution in [0.4, 0.5) is 0 Å². The summed E-state index contributed by atoms with van der Waals surface area (Å²) in [6.45, 7) is 3.21. The normalized spacial score (nSPS) is 15.5. The molecule has 1 N–H and O–H groups in total. The number of fused-ring (bicyclic) bond motifs is 2. The minimum absolute atomic E-state index is 0.133. The quantitative estimate of drug-likeness (QED) is 0.381. The summed E-state index contributed by atoms with van der Waals surface area (Å²) in [5, 5.41) is 5.52. The van der Waals surface area contributed by atoms with Crippen LogP contribution in [0.2, 0.25) is 0 Å². The molecule has 1 unspecified atom stereocenters. The number of imidazole rings is 1. The number of benzene rings is 3. The van der Waals surface area contributed by atoms with E-state index in [1.165, 1.54) is 11.8 Å². The first-order valence-electron chi connectivity index (χ1n) is 12.1. The van der Waals surface area contributed by atoms with Crippen LogP contribution in [-0.4, -0.2) is 22.1 Å². The van der Waals surface area contributed by atoms with Crippen LogP contribution in [0, 0.1) is 5.92 Å². The predicted molar refractivity (Wildman–Crippen MR) is 132 cm³/mol. The van der Waals surface area contributed by atoms with Crippen molar-refractivity contribution in [3.05, 3.63) is 72.6 Å². The fourth-order valence-electron chi connectivity index (χ4n) is 4.99. The number of aromatic nitrogens is 2. The van der Waals surface area contributed by atoms with Crippen molar-refractivity contribution in [2.45, 2.75) is 51.6 Å². The van der Waals surface area contributed by atoms with Crippen molar-refractivity contribution in [2.75, 3.05) is 6.61 Å². The second kappa shape index (κ2) is 9.65. The van der Waals surface area contributed by atoms with Gasteiger partial charge in [-0.25, -0.2) is 4.98 Å². The molecule has 5 heteroatoms. The SMILES string of the molecule is CC(NC(=O)C1CCCCC1)c1nc2ccccc2n1CCOc1cccc2ccccc12. The van der Waals surface area contributed by atoms with Gasteiger partial charge in [0.25, 0.3) is 0 Å². The molecule has 0 bridgehead atoms. The summed E-state index contributed by atoms with van der Waals surface area (Å²) in [5.41, 5.74) is 2.00. The van der Waals surface area contributed by atoms with Crippen molar-refractivity contribution >= 4 is 27.7 Å². The third-order valence-electron chi connectivity index (χ3n) is 6.73. The van der Waals surface area contributed by atoms with Crippen LogP contribution in [-0.2, 0) is 11.3 Å². The molecule has 170 valence electrons. The first-order chi connectivity index (χ1) is 16.2. The first kappa shape index (κ1) is 21.5. The summed E-state index contributed by atoms with van der Waals surface area (Å²) in [6, 6.07) is 22.4. The van der Waals surface area contributed by atoms with Gasteiger partial charge in [0.15, 0.2) is 0 Å². The molecule has 1 aliphatic rings. The minimum Gasteiger partial charge on any atom is -0.491 e. The largest absolute Gasteiger partial charge is 0.491 e. The van der Waals surface area contributed by atoms with E-state index < -0.39 is 0 Å². The van der Waals surface area contributed by atoms with Gasteiger partial charge in [0.2, 0.25) is 5.91 Å². The van der Waals surface area contributed by atoms with Crippen molar-refractivity contribution in [3.8, 4) is 5.75 Å². The van der Waals surface area contributed by atoms with Crippen LogP contribution in [0.15, 0.2) is 66.7 Å². The van der Waals surface area contributed by atoms with Gasteiger partial charge in [-0.3, -0.25) is 4.79 Å². The highest BCUT2D eigenvalue weighted by Gasteiger charge is 2.24. The van der Waals surface area contributed by atoms with Gasteiger partial charge in [-0.1, -0.05) is 67.8 Å². The van der Waals surface area contributed by atoms with Crippen molar-refractivity contribution in [2.24, 2.45) is 5.92 Å². The summed E-state index contributed by atoms with van der Waals surface area (Å²) < 4.78 is 8.40. The molecule has 33 heavy (non-hydrogen) atoms. The number of rotatable bonds is 7. The molecule has 5 nitrogen and oxygen atoms in total. The van der Waals surface area contributed by atoms with E-state index in [1.54, 1.807) is 0 Å². The van der Waals surface area contributed by atoms with Gasteiger partial charge in [0.05, 0.1) is 23.6 Å². The molecule has 3 aromatic carbocycles. The lowest BCUT2D eigenvalue weighted by molar-refractivity contribution is -0.126. The zero-order valence-electron chi connectivity index (χ0n) is 19.2. The lowest BCUT2D eigenvalue weighted by Gasteiger charge is -2.23. The molecule has 1 aliphatic carbocycles. The molecule has 0 saturated heterocycles.